The number of aldehydes is 1. The minimum atomic E-state index is 0.591. The summed E-state index contributed by atoms with van der Waals surface area (Å²) in [6.45, 7) is 3.49. The maximum absolute atomic E-state index is 11.2. The van der Waals surface area contributed by atoms with Crippen molar-refractivity contribution < 1.29 is 4.79 Å². The van der Waals surface area contributed by atoms with E-state index in [0.717, 1.165) is 44.0 Å². The Morgan fingerprint density at radius 3 is 2.48 bits per heavy atom. The molecule has 1 aromatic heterocycles. The summed E-state index contributed by atoms with van der Waals surface area (Å²) in [6, 6.07) is 11.4. The highest BCUT2D eigenvalue weighted by molar-refractivity contribution is 6.31. The lowest BCUT2D eigenvalue weighted by atomic mass is 10.1. The van der Waals surface area contributed by atoms with Crippen LogP contribution in [0.15, 0.2) is 42.6 Å². The van der Waals surface area contributed by atoms with E-state index in [0.29, 0.717) is 10.6 Å². The van der Waals surface area contributed by atoms with E-state index in [2.05, 4.69) is 14.8 Å². The van der Waals surface area contributed by atoms with Crippen molar-refractivity contribution in [1.29, 1.82) is 0 Å². The molecule has 0 aliphatic carbocycles. The highest BCUT2D eigenvalue weighted by Crippen LogP contribution is 2.25. The van der Waals surface area contributed by atoms with Crippen molar-refractivity contribution in [1.82, 2.24) is 4.98 Å². The van der Waals surface area contributed by atoms with E-state index in [1.54, 1.807) is 6.07 Å². The summed E-state index contributed by atoms with van der Waals surface area (Å²) in [7, 11) is 0. The normalized spacial score (nSPS) is 15.1. The Morgan fingerprint density at radius 1 is 1.05 bits per heavy atom. The molecule has 1 aliphatic rings. The minimum absolute atomic E-state index is 0.591. The molecule has 1 fully saturated rings. The van der Waals surface area contributed by atoms with Gasteiger partial charge < -0.3 is 9.80 Å². The van der Waals surface area contributed by atoms with Crippen molar-refractivity contribution in [3.05, 3.63) is 53.2 Å². The van der Waals surface area contributed by atoms with E-state index in [4.69, 9.17) is 11.6 Å². The van der Waals surface area contributed by atoms with Gasteiger partial charge in [0.2, 0.25) is 0 Å². The molecule has 0 radical (unpaired) electrons. The van der Waals surface area contributed by atoms with E-state index in [-0.39, 0.29) is 0 Å². The summed E-state index contributed by atoms with van der Waals surface area (Å²) >= 11 is 5.94. The molecule has 0 atom stereocenters. The maximum Gasteiger partial charge on any atom is 0.152 e. The number of hydrogen-bond acceptors (Lipinski definition) is 4. The first-order chi connectivity index (χ1) is 10.3. The van der Waals surface area contributed by atoms with E-state index < -0.39 is 0 Å². The number of pyridine rings is 1. The van der Waals surface area contributed by atoms with Crippen LogP contribution in [0.25, 0.3) is 0 Å². The van der Waals surface area contributed by atoms with Crippen molar-refractivity contribution >= 4 is 29.4 Å². The van der Waals surface area contributed by atoms with Crippen LogP contribution in [0, 0.1) is 0 Å². The molecule has 0 N–H and O–H groups in total. The van der Waals surface area contributed by atoms with Gasteiger partial charge in [0.1, 0.15) is 5.82 Å². The molecule has 3 rings (SSSR count). The number of benzene rings is 1. The second kappa shape index (κ2) is 6.14. The average molecular weight is 302 g/mol. The molecule has 108 valence electrons. The highest BCUT2D eigenvalue weighted by Gasteiger charge is 2.19. The molecule has 0 spiro atoms. The Kier molecular flexibility index (Phi) is 4.06. The monoisotopic (exact) mass is 301 g/mol. The number of hydrogen-bond donors (Lipinski definition) is 0. The molecule has 21 heavy (non-hydrogen) atoms. The first-order valence-corrected chi connectivity index (χ1v) is 7.31. The van der Waals surface area contributed by atoms with Crippen molar-refractivity contribution in [3.8, 4) is 0 Å². The molecule has 1 saturated heterocycles. The molecule has 4 nitrogen and oxygen atoms in total. The smallest absolute Gasteiger partial charge is 0.152 e. The van der Waals surface area contributed by atoms with Gasteiger partial charge in [0.15, 0.2) is 6.29 Å². The van der Waals surface area contributed by atoms with E-state index in [1.807, 2.05) is 36.5 Å². The van der Waals surface area contributed by atoms with Crippen LogP contribution in [-0.4, -0.2) is 37.4 Å². The van der Waals surface area contributed by atoms with Gasteiger partial charge in [-0.15, -0.1) is 0 Å². The molecule has 0 bridgehead atoms. The van der Waals surface area contributed by atoms with Gasteiger partial charge in [-0.3, -0.25) is 4.79 Å². The number of rotatable bonds is 3. The molecule has 2 heterocycles. The van der Waals surface area contributed by atoms with Crippen LogP contribution in [0.5, 0.6) is 0 Å². The Labute approximate surface area is 129 Å². The summed E-state index contributed by atoms with van der Waals surface area (Å²) in [5.41, 5.74) is 1.60. The Balaban J connectivity index is 1.73. The zero-order chi connectivity index (χ0) is 14.7. The molecule has 0 unspecified atom stereocenters. The molecule has 1 aromatic carbocycles. The second-order valence-electron chi connectivity index (χ2n) is 4.98. The molecular weight excluding hydrogens is 286 g/mol. The first kappa shape index (κ1) is 13.9. The fourth-order valence-electron chi connectivity index (χ4n) is 2.63. The van der Waals surface area contributed by atoms with E-state index >= 15 is 0 Å². The standard InChI is InChI=1S/C16H16ClN3O/c17-14-4-5-15(13(11-14)12-21)19-7-9-20(10-8-19)16-3-1-2-6-18-16/h1-6,11-12H,7-10H2. The highest BCUT2D eigenvalue weighted by atomic mass is 35.5. The Morgan fingerprint density at radius 2 is 1.81 bits per heavy atom. The minimum Gasteiger partial charge on any atom is -0.367 e. The van der Waals surface area contributed by atoms with Crippen LogP contribution in [0.3, 0.4) is 0 Å². The Hall–Kier alpha value is -2.07. The Bertz CT molecular complexity index is 625. The first-order valence-electron chi connectivity index (χ1n) is 6.93. The molecular formula is C16H16ClN3O. The van der Waals surface area contributed by atoms with Gasteiger partial charge in [-0.05, 0) is 30.3 Å². The van der Waals surface area contributed by atoms with Gasteiger partial charge in [0.05, 0.1) is 0 Å². The number of carbonyl (C=O) groups is 1. The molecule has 1 aliphatic heterocycles. The van der Waals surface area contributed by atoms with Gasteiger partial charge in [0, 0.05) is 48.6 Å². The van der Waals surface area contributed by atoms with Crippen LogP contribution >= 0.6 is 11.6 Å². The summed E-state index contributed by atoms with van der Waals surface area (Å²) in [4.78, 5) is 20.1. The van der Waals surface area contributed by atoms with Gasteiger partial charge in [0.25, 0.3) is 0 Å². The third kappa shape index (κ3) is 3.00. The number of aromatic nitrogens is 1. The summed E-state index contributed by atoms with van der Waals surface area (Å²) in [5, 5.41) is 0.591. The number of carbonyl (C=O) groups excluding carboxylic acids is 1. The zero-order valence-electron chi connectivity index (χ0n) is 11.6. The molecule has 5 heteroatoms. The van der Waals surface area contributed by atoms with Crippen LogP contribution in [0.1, 0.15) is 10.4 Å². The topological polar surface area (TPSA) is 36.4 Å². The largest absolute Gasteiger partial charge is 0.367 e. The van der Waals surface area contributed by atoms with Crippen molar-refractivity contribution in [2.45, 2.75) is 0 Å². The summed E-state index contributed by atoms with van der Waals surface area (Å²) in [6.07, 6.45) is 2.68. The van der Waals surface area contributed by atoms with E-state index in [9.17, 15) is 4.79 Å². The van der Waals surface area contributed by atoms with Gasteiger partial charge >= 0.3 is 0 Å². The maximum atomic E-state index is 11.2. The molecule has 2 aromatic rings. The van der Waals surface area contributed by atoms with E-state index in [1.165, 1.54) is 0 Å². The predicted octanol–water partition coefficient (Wildman–Crippen LogP) is 2.87. The lowest BCUT2D eigenvalue weighted by molar-refractivity contribution is 0.112. The summed E-state index contributed by atoms with van der Waals surface area (Å²) < 4.78 is 0. The number of halogens is 1. The second-order valence-corrected chi connectivity index (χ2v) is 5.42. The van der Waals surface area contributed by atoms with Crippen LogP contribution in [0.2, 0.25) is 5.02 Å². The lowest BCUT2D eigenvalue weighted by Crippen LogP contribution is -2.47. The van der Waals surface area contributed by atoms with Crippen LogP contribution in [0.4, 0.5) is 11.5 Å². The third-order valence-electron chi connectivity index (χ3n) is 3.71. The van der Waals surface area contributed by atoms with Crippen molar-refractivity contribution in [3.63, 3.8) is 0 Å². The lowest BCUT2D eigenvalue weighted by Gasteiger charge is -2.37. The quantitative estimate of drug-likeness (QED) is 0.817. The SMILES string of the molecule is O=Cc1cc(Cl)ccc1N1CCN(c2ccccn2)CC1. The fourth-order valence-corrected chi connectivity index (χ4v) is 2.81. The molecule has 0 amide bonds. The van der Waals surface area contributed by atoms with Crippen LogP contribution in [-0.2, 0) is 0 Å². The van der Waals surface area contributed by atoms with Crippen molar-refractivity contribution in [2.24, 2.45) is 0 Å². The van der Waals surface area contributed by atoms with Gasteiger partial charge in [-0.1, -0.05) is 17.7 Å². The predicted molar refractivity (Wildman–Crippen MR) is 85.5 cm³/mol. The number of anilines is 2. The number of piperazine rings is 1. The summed E-state index contributed by atoms with van der Waals surface area (Å²) in [5.74, 6) is 1.00. The third-order valence-corrected chi connectivity index (χ3v) is 3.95. The number of nitrogens with zero attached hydrogens (tertiary/aromatic N) is 3. The molecule has 0 saturated carbocycles. The van der Waals surface area contributed by atoms with Gasteiger partial charge in [-0.25, -0.2) is 4.98 Å². The van der Waals surface area contributed by atoms with Gasteiger partial charge in [-0.2, -0.15) is 0 Å². The van der Waals surface area contributed by atoms with Crippen LogP contribution < -0.4 is 9.80 Å². The average Bonchev–Trinajstić information content (AvgIpc) is 2.56. The van der Waals surface area contributed by atoms with Crippen molar-refractivity contribution in [2.75, 3.05) is 36.0 Å². The fraction of sp³-hybridized carbons (Fsp3) is 0.250. The zero-order valence-corrected chi connectivity index (χ0v) is 12.3.